The Kier molecular flexibility index (Phi) is 7.11. The second-order valence-electron chi connectivity index (χ2n) is 7.37. The number of benzene rings is 2. The van der Waals surface area contributed by atoms with Gasteiger partial charge >= 0.3 is 0 Å². The minimum atomic E-state index is -0.678. The summed E-state index contributed by atoms with van der Waals surface area (Å²) in [5.74, 6) is 0.136. The molecule has 1 heterocycles. The molecule has 0 spiro atoms. The lowest BCUT2D eigenvalue weighted by atomic mass is 9.88. The second-order valence-corrected chi connectivity index (χ2v) is 7.77. The molecule has 0 bridgehead atoms. The number of nitrogens with one attached hydrogen (secondary N) is 1. The molecule has 1 atom stereocenters. The van der Waals surface area contributed by atoms with Crippen LogP contribution in [0, 0.1) is 5.92 Å². The van der Waals surface area contributed by atoms with Gasteiger partial charge in [0.05, 0.1) is 17.7 Å². The molecule has 1 aliphatic rings. The molecule has 2 aromatic carbocycles. The van der Waals surface area contributed by atoms with Crippen molar-refractivity contribution in [3.8, 4) is 5.75 Å². The molecular formula is C23H25ClN2O4. The molecule has 3 rings (SSSR count). The van der Waals surface area contributed by atoms with Gasteiger partial charge in [0.2, 0.25) is 5.91 Å². The fourth-order valence-electron chi connectivity index (χ4n) is 3.61. The highest BCUT2D eigenvalue weighted by atomic mass is 35.5. The molecule has 0 saturated carbocycles. The number of hydrogen-bond donors (Lipinski definition) is 1. The van der Waals surface area contributed by atoms with Crippen molar-refractivity contribution < 1.29 is 19.1 Å². The number of Topliss-reactive ketones (excluding diaryl/α,β-unsaturated/α-hetero) is 1. The Balaban J connectivity index is 1.53. The van der Waals surface area contributed by atoms with E-state index in [1.54, 1.807) is 67.5 Å². The van der Waals surface area contributed by atoms with E-state index in [4.69, 9.17) is 16.3 Å². The van der Waals surface area contributed by atoms with E-state index in [0.29, 0.717) is 47.8 Å². The van der Waals surface area contributed by atoms with Crippen molar-refractivity contribution in [2.24, 2.45) is 5.92 Å². The molecule has 7 heteroatoms. The SMILES string of the molecule is COc1ccc(C(=O)C2CCN(C(=O)[C@H](C)NC(=O)c3ccccc3Cl)CC2)cc1. The van der Waals surface area contributed by atoms with Crippen LogP contribution in [0.15, 0.2) is 48.5 Å². The van der Waals surface area contributed by atoms with Crippen LogP contribution in [0.25, 0.3) is 0 Å². The van der Waals surface area contributed by atoms with Gasteiger partial charge in [-0.3, -0.25) is 14.4 Å². The van der Waals surface area contributed by atoms with Gasteiger partial charge < -0.3 is 15.0 Å². The lowest BCUT2D eigenvalue weighted by Crippen LogP contribution is -2.49. The maximum Gasteiger partial charge on any atom is 0.253 e. The Morgan fingerprint density at radius 3 is 2.30 bits per heavy atom. The van der Waals surface area contributed by atoms with E-state index in [-0.39, 0.29) is 23.5 Å². The van der Waals surface area contributed by atoms with Gasteiger partial charge in [-0.2, -0.15) is 0 Å². The number of amides is 2. The molecule has 0 aromatic heterocycles. The standard InChI is InChI=1S/C23H25ClN2O4/c1-15(25-22(28)19-5-3-4-6-20(19)24)23(29)26-13-11-17(12-14-26)21(27)16-7-9-18(30-2)10-8-16/h3-10,15,17H,11-14H2,1-2H3,(H,25,28)/t15-/m0/s1. The zero-order chi connectivity index (χ0) is 21.7. The third kappa shape index (κ3) is 5.00. The highest BCUT2D eigenvalue weighted by molar-refractivity contribution is 6.33. The molecule has 1 aliphatic heterocycles. The van der Waals surface area contributed by atoms with E-state index in [2.05, 4.69) is 5.32 Å². The lowest BCUT2D eigenvalue weighted by molar-refractivity contribution is -0.134. The predicted molar refractivity (Wildman–Crippen MR) is 115 cm³/mol. The van der Waals surface area contributed by atoms with E-state index in [1.807, 2.05) is 0 Å². The van der Waals surface area contributed by atoms with Gasteiger partial charge in [-0.15, -0.1) is 0 Å². The summed E-state index contributed by atoms with van der Waals surface area (Å²) in [7, 11) is 1.58. The van der Waals surface area contributed by atoms with E-state index in [1.165, 1.54) is 0 Å². The zero-order valence-electron chi connectivity index (χ0n) is 17.1. The Morgan fingerprint density at radius 2 is 1.70 bits per heavy atom. The molecule has 2 amide bonds. The molecule has 1 N–H and O–H groups in total. The monoisotopic (exact) mass is 428 g/mol. The van der Waals surface area contributed by atoms with Gasteiger partial charge in [0.25, 0.3) is 5.91 Å². The first kappa shape index (κ1) is 21.8. The van der Waals surface area contributed by atoms with E-state index in [0.717, 1.165) is 0 Å². The van der Waals surface area contributed by atoms with Crippen LogP contribution in [0.4, 0.5) is 0 Å². The normalized spacial score (nSPS) is 15.4. The number of likely N-dealkylation sites (tertiary alicyclic amines) is 1. The zero-order valence-corrected chi connectivity index (χ0v) is 17.8. The third-order valence-electron chi connectivity index (χ3n) is 5.39. The number of ether oxygens (including phenoxy) is 1. The molecular weight excluding hydrogens is 404 g/mol. The molecule has 30 heavy (non-hydrogen) atoms. The van der Waals surface area contributed by atoms with Gasteiger partial charge in [-0.1, -0.05) is 23.7 Å². The van der Waals surface area contributed by atoms with Crippen LogP contribution in [0.3, 0.4) is 0 Å². The van der Waals surface area contributed by atoms with Gasteiger partial charge in [0.15, 0.2) is 5.78 Å². The summed E-state index contributed by atoms with van der Waals surface area (Å²) in [5, 5.41) is 3.05. The van der Waals surface area contributed by atoms with Gasteiger partial charge in [-0.05, 0) is 56.2 Å². The van der Waals surface area contributed by atoms with Crippen molar-refractivity contribution in [3.63, 3.8) is 0 Å². The molecule has 0 unspecified atom stereocenters. The summed E-state index contributed by atoms with van der Waals surface area (Å²) < 4.78 is 5.13. The van der Waals surface area contributed by atoms with Gasteiger partial charge in [0, 0.05) is 24.6 Å². The minimum Gasteiger partial charge on any atom is -0.497 e. The minimum absolute atomic E-state index is 0.0878. The van der Waals surface area contributed by atoms with Crippen molar-refractivity contribution in [1.82, 2.24) is 10.2 Å². The summed E-state index contributed by atoms with van der Waals surface area (Å²) in [6.45, 7) is 2.63. The fraction of sp³-hybridized carbons (Fsp3) is 0.348. The maximum absolute atomic E-state index is 12.7. The van der Waals surface area contributed by atoms with Gasteiger partial charge in [0.1, 0.15) is 11.8 Å². The lowest BCUT2D eigenvalue weighted by Gasteiger charge is -2.33. The molecule has 6 nitrogen and oxygen atoms in total. The van der Waals surface area contributed by atoms with Crippen molar-refractivity contribution in [1.29, 1.82) is 0 Å². The van der Waals surface area contributed by atoms with Crippen LogP contribution in [0.2, 0.25) is 5.02 Å². The van der Waals surface area contributed by atoms with Crippen molar-refractivity contribution in [2.45, 2.75) is 25.8 Å². The van der Waals surface area contributed by atoms with E-state index < -0.39 is 6.04 Å². The number of halogens is 1. The van der Waals surface area contributed by atoms with Crippen LogP contribution in [-0.2, 0) is 4.79 Å². The van der Waals surface area contributed by atoms with Crippen LogP contribution in [-0.4, -0.2) is 48.7 Å². The number of hydrogen-bond acceptors (Lipinski definition) is 4. The summed E-state index contributed by atoms with van der Waals surface area (Å²) in [5.41, 5.74) is 0.989. The van der Waals surface area contributed by atoms with E-state index in [9.17, 15) is 14.4 Å². The Labute approximate surface area is 181 Å². The van der Waals surface area contributed by atoms with Crippen LogP contribution in [0.5, 0.6) is 5.75 Å². The van der Waals surface area contributed by atoms with Crippen LogP contribution < -0.4 is 10.1 Å². The maximum atomic E-state index is 12.7. The summed E-state index contributed by atoms with van der Waals surface area (Å²) >= 11 is 6.05. The quantitative estimate of drug-likeness (QED) is 0.713. The molecule has 1 fully saturated rings. The average Bonchev–Trinajstić information content (AvgIpc) is 2.78. The molecule has 0 radical (unpaired) electrons. The average molecular weight is 429 g/mol. The largest absolute Gasteiger partial charge is 0.497 e. The van der Waals surface area contributed by atoms with Crippen molar-refractivity contribution in [3.05, 3.63) is 64.7 Å². The molecule has 2 aromatic rings. The molecule has 158 valence electrons. The first-order valence-electron chi connectivity index (χ1n) is 9.93. The van der Waals surface area contributed by atoms with Crippen molar-refractivity contribution in [2.75, 3.05) is 20.2 Å². The highest BCUT2D eigenvalue weighted by Crippen LogP contribution is 2.23. The van der Waals surface area contributed by atoms with E-state index >= 15 is 0 Å². The number of piperidine rings is 1. The summed E-state index contributed by atoms with van der Waals surface area (Å²) in [6.07, 6.45) is 1.20. The Hall–Kier alpha value is -2.86. The van der Waals surface area contributed by atoms with Crippen LogP contribution in [0.1, 0.15) is 40.5 Å². The number of rotatable bonds is 6. The topological polar surface area (TPSA) is 75.7 Å². The summed E-state index contributed by atoms with van der Waals surface area (Å²) in [6, 6.07) is 13.1. The number of methoxy groups -OCH3 is 1. The Morgan fingerprint density at radius 1 is 1.07 bits per heavy atom. The second kappa shape index (κ2) is 9.76. The number of nitrogens with zero attached hydrogens (tertiary/aromatic N) is 1. The molecule has 0 aliphatic carbocycles. The third-order valence-corrected chi connectivity index (χ3v) is 5.72. The number of carbonyl (C=O) groups is 3. The summed E-state index contributed by atoms with van der Waals surface area (Å²) in [4.78, 5) is 39.6. The van der Waals surface area contributed by atoms with Gasteiger partial charge in [-0.25, -0.2) is 0 Å². The predicted octanol–water partition coefficient (Wildman–Crippen LogP) is 3.59. The first-order chi connectivity index (χ1) is 14.4. The number of carbonyl (C=O) groups excluding carboxylic acids is 3. The smallest absolute Gasteiger partial charge is 0.253 e. The van der Waals surface area contributed by atoms with Crippen molar-refractivity contribution >= 4 is 29.2 Å². The fourth-order valence-corrected chi connectivity index (χ4v) is 3.83. The Bertz CT molecular complexity index is 921. The molecule has 1 saturated heterocycles. The highest BCUT2D eigenvalue weighted by Gasteiger charge is 2.30. The van der Waals surface area contributed by atoms with Crippen LogP contribution >= 0.6 is 11.6 Å². The number of ketones is 1. The first-order valence-corrected chi connectivity index (χ1v) is 10.3.